The topological polar surface area (TPSA) is 46.3 Å². The smallest absolute Gasteiger partial charge is 0.227 e. The number of amides is 1. The summed E-state index contributed by atoms with van der Waals surface area (Å²) in [6.45, 7) is 4.51. The van der Waals surface area contributed by atoms with Gasteiger partial charge < -0.3 is 9.32 Å². The Morgan fingerprint density at radius 1 is 1.17 bits per heavy atom. The first kappa shape index (κ1) is 15.3. The molecule has 1 aromatic carbocycles. The summed E-state index contributed by atoms with van der Waals surface area (Å²) in [4.78, 5) is 18.9. The molecular weight excluding hydrogens is 288 g/mol. The van der Waals surface area contributed by atoms with Crippen molar-refractivity contribution >= 4 is 16.8 Å². The molecule has 23 heavy (non-hydrogen) atoms. The summed E-state index contributed by atoms with van der Waals surface area (Å²) in [5.41, 5.74) is 4.04. The first-order valence-corrected chi connectivity index (χ1v) is 7.67. The molecule has 0 aliphatic carbocycles. The summed E-state index contributed by atoms with van der Waals surface area (Å²) in [6.07, 6.45) is 1.97. The van der Waals surface area contributed by atoms with Gasteiger partial charge >= 0.3 is 0 Å². The van der Waals surface area contributed by atoms with Crippen LogP contribution in [-0.4, -0.2) is 22.8 Å². The highest BCUT2D eigenvalue weighted by Crippen LogP contribution is 2.23. The Morgan fingerprint density at radius 2 is 1.96 bits per heavy atom. The molecule has 0 aliphatic heterocycles. The van der Waals surface area contributed by atoms with Gasteiger partial charge in [-0.2, -0.15) is 0 Å². The molecule has 4 heteroatoms. The summed E-state index contributed by atoms with van der Waals surface area (Å²) in [5, 5.41) is 1.11. The van der Waals surface area contributed by atoms with Crippen LogP contribution in [0.2, 0.25) is 0 Å². The van der Waals surface area contributed by atoms with Crippen LogP contribution in [0.3, 0.4) is 0 Å². The Labute approximate surface area is 135 Å². The van der Waals surface area contributed by atoms with Gasteiger partial charge in [0.15, 0.2) is 0 Å². The average Bonchev–Trinajstić information content (AvgIpc) is 3.04. The Bertz CT molecular complexity index is 838. The first-order chi connectivity index (χ1) is 11.1. The van der Waals surface area contributed by atoms with Crippen LogP contribution in [-0.2, 0) is 17.8 Å². The molecule has 3 aromatic rings. The van der Waals surface area contributed by atoms with Crippen LogP contribution in [0.5, 0.6) is 0 Å². The molecule has 3 rings (SSSR count). The van der Waals surface area contributed by atoms with Crippen molar-refractivity contribution in [3.8, 4) is 0 Å². The lowest BCUT2D eigenvalue weighted by atomic mass is 9.99. The van der Waals surface area contributed by atoms with E-state index in [1.807, 2.05) is 37.3 Å². The maximum Gasteiger partial charge on any atom is 0.227 e. The second-order valence-corrected chi connectivity index (χ2v) is 5.82. The number of aryl methyl sites for hydroxylation is 2. The van der Waals surface area contributed by atoms with E-state index in [9.17, 15) is 4.79 Å². The number of likely N-dealkylation sites (N-methyl/N-ethyl adjacent to an activating group) is 1. The predicted octanol–water partition coefficient (Wildman–Crippen LogP) is 3.65. The van der Waals surface area contributed by atoms with E-state index >= 15 is 0 Å². The van der Waals surface area contributed by atoms with Crippen molar-refractivity contribution in [1.29, 1.82) is 0 Å². The maximum absolute atomic E-state index is 12.5. The molecule has 1 amide bonds. The summed E-state index contributed by atoms with van der Waals surface area (Å²) in [7, 11) is 1.80. The number of hydrogen-bond acceptors (Lipinski definition) is 3. The highest BCUT2D eigenvalue weighted by Gasteiger charge is 2.16. The highest BCUT2D eigenvalue weighted by molar-refractivity contribution is 5.86. The van der Waals surface area contributed by atoms with Gasteiger partial charge in [-0.15, -0.1) is 0 Å². The van der Waals surface area contributed by atoms with E-state index in [2.05, 4.69) is 18.0 Å². The number of furan rings is 1. The Balaban J connectivity index is 1.84. The second-order valence-electron chi connectivity index (χ2n) is 5.82. The number of hydrogen-bond donors (Lipinski definition) is 0. The van der Waals surface area contributed by atoms with Gasteiger partial charge in [-0.25, -0.2) is 0 Å². The van der Waals surface area contributed by atoms with Crippen molar-refractivity contribution in [2.75, 3.05) is 7.05 Å². The molecule has 0 fully saturated rings. The van der Waals surface area contributed by atoms with Crippen molar-refractivity contribution in [3.05, 3.63) is 65.2 Å². The second kappa shape index (κ2) is 6.24. The lowest BCUT2D eigenvalue weighted by Gasteiger charge is -2.18. The molecule has 0 saturated carbocycles. The molecule has 0 bridgehead atoms. The number of pyridine rings is 1. The monoisotopic (exact) mass is 308 g/mol. The van der Waals surface area contributed by atoms with Crippen molar-refractivity contribution in [2.45, 2.75) is 26.8 Å². The molecule has 0 saturated heterocycles. The summed E-state index contributed by atoms with van der Waals surface area (Å²) >= 11 is 0. The summed E-state index contributed by atoms with van der Waals surface area (Å²) in [6, 6.07) is 11.7. The summed E-state index contributed by atoms with van der Waals surface area (Å²) < 4.78 is 5.30. The van der Waals surface area contributed by atoms with Gasteiger partial charge in [0.1, 0.15) is 5.76 Å². The minimum absolute atomic E-state index is 0.0599. The van der Waals surface area contributed by atoms with Crippen LogP contribution in [0, 0.1) is 13.8 Å². The highest BCUT2D eigenvalue weighted by atomic mass is 16.3. The van der Waals surface area contributed by atoms with Gasteiger partial charge in [0.05, 0.1) is 24.7 Å². The van der Waals surface area contributed by atoms with Crippen LogP contribution >= 0.6 is 0 Å². The van der Waals surface area contributed by atoms with Crippen LogP contribution < -0.4 is 0 Å². The van der Waals surface area contributed by atoms with Gasteiger partial charge in [0, 0.05) is 18.1 Å². The Morgan fingerprint density at radius 3 is 2.70 bits per heavy atom. The van der Waals surface area contributed by atoms with Crippen LogP contribution in [0.1, 0.15) is 22.6 Å². The van der Waals surface area contributed by atoms with Crippen molar-refractivity contribution in [2.24, 2.45) is 0 Å². The van der Waals surface area contributed by atoms with E-state index in [0.717, 1.165) is 33.5 Å². The van der Waals surface area contributed by atoms with E-state index in [0.29, 0.717) is 13.0 Å². The summed E-state index contributed by atoms with van der Waals surface area (Å²) in [5.74, 6) is 0.843. The number of nitrogens with zero attached hydrogens (tertiary/aromatic N) is 2. The average molecular weight is 308 g/mol. The molecule has 4 nitrogen and oxygen atoms in total. The minimum atomic E-state index is 0.0599. The molecule has 0 spiro atoms. The van der Waals surface area contributed by atoms with Gasteiger partial charge in [-0.3, -0.25) is 9.78 Å². The number of carbonyl (C=O) groups is 1. The molecule has 2 aromatic heterocycles. The largest absolute Gasteiger partial charge is 0.467 e. The molecule has 0 atom stereocenters. The zero-order valence-corrected chi connectivity index (χ0v) is 13.7. The number of rotatable bonds is 4. The number of benzene rings is 1. The van der Waals surface area contributed by atoms with Gasteiger partial charge in [0.2, 0.25) is 5.91 Å². The van der Waals surface area contributed by atoms with Gasteiger partial charge in [-0.1, -0.05) is 18.2 Å². The van der Waals surface area contributed by atoms with Crippen LogP contribution in [0.25, 0.3) is 10.9 Å². The third kappa shape index (κ3) is 3.11. The van der Waals surface area contributed by atoms with E-state index in [-0.39, 0.29) is 5.91 Å². The predicted molar refractivity (Wildman–Crippen MR) is 90.1 cm³/mol. The molecular formula is C19H20N2O2. The molecule has 0 N–H and O–H groups in total. The number of carbonyl (C=O) groups excluding carboxylic acids is 1. The number of fused-ring (bicyclic) bond motifs is 1. The van der Waals surface area contributed by atoms with E-state index in [1.165, 1.54) is 0 Å². The van der Waals surface area contributed by atoms with E-state index in [4.69, 9.17) is 4.42 Å². The fraction of sp³-hybridized carbons (Fsp3) is 0.263. The van der Waals surface area contributed by atoms with Crippen LogP contribution in [0.15, 0.2) is 47.1 Å². The van der Waals surface area contributed by atoms with Gasteiger partial charge in [-0.05, 0) is 43.2 Å². The maximum atomic E-state index is 12.5. The van der Waals surface area contributed by atoms with E-state index in [1.54, 1.807) is 18.2 Å². The first-order valence-electron chi connectivity index (χ1n) is 7.67. The quantitative estimate of drug-likeness (QED) is 0.739. The fourth-order valence-electron chi connectivity index (χ4n) is 2.84. The Kier molecular flexibility index (Phi) is 4.15. The SMILES string of the molecule is Cc1nc2ccccc2c(C)c1CC(=O)N(C)Cc1ccco1. The van der Waals surface area contributed by atoms with E-state index < -0.39 is 0 Å². The molecule has 118 valence electrons. The fourth-order valence-corrected chi connectivity index (χ4v) is 2.84. The number of para-hydroxylation sites is 1. The zero-order valence-electron chi connectivity index (χ0n) is 13.7. The lowest BCUT2D eigenvalue weighted by molar-refractivity contribution is -0.129. The molecule has 0 radical (unpaired) electrons. The molecule has 2 heterocycles. The Hall–Kier alpha value is -2.62. The minimum Gasteiger partial charge on any atom is -0.467 e. The van der Waals surface area contributed by atoms with Crippen LogP contribution in [0.4, 0.5) is 0 Å². The van der Waals surface area contributed by atoms with Crippen molar-refractivity contribution < 1.29 is 9.21 Å². The third-order valence-corrected chi connectivity index (χ3v) is 4.21. The third-order valence-electron chi connectivity index (χ3n) is 4.21. The molecule has 0 aliphatic rings. The molecule has 0 unspecified atom stereocenters. The van der Waals surface area contributed by atoms with Gasteiger partial charge in [0.25, 0.3) is 0 Å². The zero-order chi connectivity index (χ0) is 16.4. The standard InChI is InChI=1S/C19H20N2O2/c1-13-16-8-4-5-9-18(16)20-14(2)17(13)11-19(22)21(3)12-15-7-6-10-23-15/h4-10H,11-12H2,1-3H3. The van der Waals surface area contributed by atoms with Crippen molar-refractivity contribution in [1.82, 2.24) is 9.88 Å². The normalized spacial score (nSPS) is 10.9. The lowest BCUT2D eigenvalue weighted by Crippen LogP contribution is -2.28. The number of aromatic nitrogens is 1. The van der Waals surface area contributed by atoms with Crippen molar-refractivity contribution in [3.63, 3.8) is 0 Å².